The summed E-state index contributed by atoms with van der Waals surface area (Å²) in [6, 6.07) is 10.9. The summed E-state index contributed by atoms with van der Waals surface area (Å²) in [5, 5.41) is 8.10. The maximum absolute atomic E-state index is 14.6. The number of benzene rings is 2. The van der Waals surface area contributed by atoms with Gasteiger partial charge in [-0.25, -0.2) is 4.39 Å². The zero-order valence-corrected chi connectivity index (χ0v) is 16.0. The minimum absolute atomic E-state index is 0. The largest absolute Gasteiger partial charge is 0.324 e. The van der Waals surface area contributed by atoms with E-state index in [9.17, 15) is 14.0 Å². The van der Waals surface area contributed by atoms with Crippen molar-refractivity contribution in [2.45, 2.75) is 29.5 Å². The molecule has 2 aromatic rings. The maximum Gasteiger partial charge on any atom is 0.238 e. The smallest absolute Gasteiger partial charge is 0.238 e. The molecule has 142 valence electrons. The van der Waals surface area contributed by atoms with Crippen LogP contribution in [0.4, 0.5) is 15.8 Å². The van der Waals surface area contributed by atoms with E-state index in [-0.39, 0.29) is 42.1 Å². The van der Waals surface area contributed by atoms with Crippen LogP contribution in [0.25, 0.3) is 0 Å². The van der Waals surface area contributed by atoms with Crippen LogP contribution in [-0.4, -0.2) is 23.6 Å². The number of carbonyl (C=O) groups excluding carboxylic acids is 2. The number of hydrogen-bond acceptors (Lipinski definition) is 4. The Morgan fingerprint density at radius 3 is 2.93 bits per heavy atom. The first-order valence-corrected chi connectivity index (χ1v) is 9.37. The van der Waals surface area contributed by atoms with E-state index in [1.54, 1.807) is 6.07 Å². The number of carbonyl (C=O) groups is 2. The number of amides is 2. The molecular formula is C19H19ClFN3O2S. The number of anilines is 2. The molecule has 2 heterocycles. The molecule has 0 aromatic heterocycles. The number of rotatable bonds is 3. The highest BCUT2D eigenvalue weighted by atomic mass is 35.5. The first kappa shape index (κ1) is 19.7. The quantitative estimate of drug-likeness (QED) is 0.729. The Morgan fingerprint density at radius 1 is 1.26 bits per heavy atom. The zero-order chi connectivity index (χ0) is 18.1. The van der Waals surface area contributed by atoms with E-state index in [1.165, 1.54) is 11.8 Å². The number of hydrogen-bond donors (Lipinski definition) is 3. The van der Waals surface area contributed by atoms with E-state index >= 15 is 0 Å². The average molecular weight is 408 g/mol. The van der Waals surface area contributed by atoms with Gasteiger partial charge in [0, 0.05) is 17.9 Å². The number of halogens is 2. The molecule has 5 nitrogen and oxygen atoms in total. The summed E-state index contributed by atoms with van der Waals surface area (Å²) >= 11 is 1.36. The summed E-state index contributed by atoms with van der Waals surface area (Å²) in [7, 11) is 0. The van der Waals surface area contributed by atoms with Gasteiger partial charge in [-0.15, -0.1) is 24.2 Å². The number of nitrogens with one attached hydrogen (secondary N) is 3. The monoisotopic (exact) mass is 407 g/mol. The van der Waals surface area contributed by atoms with E-state index < -0.39 is 5.25 Å². The second-order valence-corrected chi connectivity index (χ2v) is 7.58. The predicted octanol–water partition coefficient (Wildman–Crippen LogP) is 3.33. The zero-order valence-electron chi connectivity index (χ0n) is 14.4. The molecule has 2 aliphatic heterocycles. The van der Waals surface area contributed by atoms with Gasteiger partial charge in [0.05, 0.1) is 16.6 Å². The second kappa shape index (κ2) is 8.29. The molecule has 1 atom stereocenters. The Bertz CT molecular complexity index is 893. The van der Waals surface area contributed by atoms with Crippen molar-refractivity contribution in [1.82, 2.24) is 5.32 Å². The number of thioether (sulfide) groups is 1. The Hall–Kier alpha value is -2.09. The van der Waals surface area contributed by atoms with Crippen molar-refractivity contribution in [1.29, 1.82) is 0 Å². The SMILES string of the molecule is Cl.O=C(CC1Sc2ccccc2NC1=O)Nc1ccc2c(c1F)CCNC2. The highest BCUT2D eigenvalue weighted by molar-refractivity contribution is 8.01. The van der Waals surface area contributed by atoms with Gasteiger partial charge in [0.2, 0.25) is 11.8 Å². The summed E-state index contributed by atoms with van der Waals surface area (Å²) in [5.41, 5.74) is 2.51. The van der Waals surface area contributed by atoms with E-state index in [4.69, 9.17) is 0 Å². The topological polar surface area (TPSA) is 70.2 Å². The normalized spacial score (nSPS) is 17.8. The molecule has 0 fully saturated rings. The molecule has 3 N–H and O–H groups in total. The summed E-state index contributed by atoms with van der Waals surface area (Å²) in [6.07, 6.45) is 0.589. The molecule has 0 bridgehead atoms. The molecule has 0 radical (unpaired) electrons. The summed E-state index contributed by atoms with van der Waals surface area (Å²) in [6.45, 7) is 1.36. The Labute approximate surface area is 166 Å². The van der Waals surface area contributed by atoms with Gasteiger partial charge in [0.15, 0.2) is 0 Å². The summed E-state index contributed by atoms with van der Waals surface area (Å²) in [5.74, 6) is -0.950. The van der Waals surface area contributed by atoms with Crippen molar-refractivity contribution in [3.05, 3.63) is 53.3 Å². The van der Waals surface area contributed by atoms with Gasteiger partial charge in [-0.3, -0.25) is 9.59 Å². The van der Waals surface area contributed by atoms with Crippen molar-refractivity contribution in [2.24, 2.45) is 0 Å². The molecule has 2 aromatic carbocycles. The third-order valence-corrected chi connectivity index (χ3v) is 5.83. The van der Waals surface area contributed by atoms with E-state index in [1.807, 2.05) is 30.3 Å². The fourth-order valence-electron chi connectivity index (χ4n) is 3.23. The molecule has 2 amide bonds. The molecular weight excluding hydrogens is 389 g/mol. The molecule has 0 saturated carbocycles. The van der Waals surface area contributed by atoms with Crippen molar-refractivity contribution in [3.63, 3.8) is 0 Å². The molecule has 0 aliphatic carbocycles. The van der Waals surface area contributed by atoms with Crippen LogP contribution in [0.15, 0.2) is 41.3 Å². The summed E-state index contributed by atoms with van der Waals surface area (Å²) < 4.78 is 14.6. The van der Waals surface area contributed by atoms with Gasteiger partial charge < -0.3 is 16.0 Å². The van der Waals surface area contributed by atoms with Crippen LogP contribution < -0.4 is 16.0 Å². The standard InChI is InChI=1S/C19H18FN3O2S.ClH/c20-18-12-7-8-21-10-11(12)5-6-14(18)22-17(24)9-16-19(25)23-13-3-1-2-4-15(13)26-16;/h1-6,16,21H,7-10H2,(H,22,24)(H,23,25);1H. The van der Waals surface area contributed by atoms with Crippen molar-refractivity contribution in [3.8, 4) is 0 Å². The van der Waals surface area contributed by atoms with Gasteiger partial charge in [-0.2, -0.15) is 0 Å². The lowest BCUT2D eigenvalue weighted by Gasteiger charge is -2.24. The minimum Gasteiger partial charge on any atom is -0.324 e. The van der Waals surface area contributed by atoms with Crippen LogP contribution in [0.1, 0.15) is 17.5 Å². The van der Waals surface area contributed by atoms with E-state index in [0.29, 0.717) is 18.5 Å². The Kier molecular flexibility index (Phi) is 6.04. The molecule has 4 rings (SSSR count). The Morgan fingerprint density at radius 2 is 2.07 bits per heavy atom. The third-order valence-electron chi connectivity index (χ3n) is 4.56. The first-order valence-electron chi connectivity index (χ1n) is 8.49. The molecule has 0 spiro atoms. The lowest BCUT2D eigenvalue weighted by atomic mass is 9.99. The van der Waals surface area contributed by atoms with Crippen LogP contribution in [0.3, 0.4) is 0 Å². The van der Waals surface area contributed by atoms with Gasteiger partial charge in [-0.05, 0) is 42.3 Å². The van der Waals surface area contributed by atoms with Gasteiger partial charge >= 0.3 is 0 Å². The van der Waals surface area contributed by atoms with Gasteiger partial charge in [-0.1, -0.05) is 18.2 Å². The first-order chi connectivity index (χ1) is 12.6. The molecule has 1 unspecified atom stereocenters. The fourth-order valence-corrected chi connectivity index (χ4v) is 4.34. The number of fused-ring (bicyclic) bond motifs is 2. The third kappa shape index (κ3) is 4.10. The van der Waals surface area contributed by atoms with Gasteiger partial charge in [0.25, 0.3) is 0 Å². The van der Waals surface area contributed by atoms with Crippen LogP contribution in [-0.2, 0) is 22.6 Å². The molecule has 0 saturated heterocycles. The van der Waals surface area contributed by atoms with Crippen molar-refractivity contribution >= 4 is 47.4 Å². The lowest BCUT2D eigenvalue weighted by Crippen LogP contribution is -2.32. The Balaban J connectivity index is 0.00000210. The average Bonchev–Trinajstić information content (AvgIpc) is 2.65. The molecule has 8 heteroatoms. The number of para-hydroxylation sites is 1. The van der Waals surface area contributed by atoms with Crippen LogP contribution in [0, 0.1) is 5.82 Å². The van der Waals surface area contributed by atoms with Crippen LogP contribution in [0.2, 0.25) is 0 Å². The molecule has 27 heavy (non-hydrogen) atoms. The highest BCUT2D eigenvalue weighted by Gasteiger charge is 2.29. The lowest BCUT2D eigenvalue weighted by molar-refractivity contribution is -0.120. The predicted molar refractivity (Wildman–Crippen MR) is 107 cm³/mol. The van der Waals surface area contributed by atoms with Crippen molar-refractivity contribution < 1.29 is 14.0 Å². The van der Waals surface area contributed by atoms with E-state index in [0.717, 1.165) is 22.7 Å². The fraction of sp³-hybridized carbons (Fsp3) is 0.263. The van der Waals surface area contributed by atoms with Crippen LogP contribution >= 0.6 is 24.2 Å². The highest BCUT2D eigenvalue weighted by Crippen LogP contribution is 2.36. The minimum atomic E-state index is -0.533. The van der Waals surface area contributed by atoms with Crippen LogP contribution in [0.5, 0.6) is 0 Å². The maximum atomic E-state index is 14.6. The van der Waals surface area contributed by atoms with Crippen molar-refractivity contribution in [2.75, 3.05) is 17.2 Å². The van der Waals surface area contributed by atoms with Gasteiger partial charge in [0.1, 0.15) is 5.82 Å². The van der Waals surface area contributed by atoms with E-state index in [2.05, 4.69) is 16.0 Å². The molecule has 2 aliphatic rings. The second-order valence-electron chi connectivity index (χ2n) is 6.34. The summed E-state index contributed by atoms with van der Waals surface area (Å²) in [4.78, 5) is 25.5.